The predicted octanol–water partition coefficient (Wildman–Crippen LogP) is 0.674. The van der Waals surface area contributed by atoms with Crippen molar-refractivity contribution in [3.8, 4) is 0 Å². The third kappa shape index (κ3) is 3.06. The van der Waals surface area contributed by atoms with Gasteiger partial charge in [0.2, 0.25) is 11.9 Å². The Hall–Kier alpha value is -3.10. The minimum absolute atomic E-state index is 0.259. The van der Waals surface area contributed by atoms with E-state index in [1.54, 1.807) is 22.4 Å². The predicted molar refractivity (Wildman–Crippen MR) is 103 cm³/mol. The lowest BCUT2D eigenvalue weighted by Gasteiger charge is -2.33. The molecule has 1 aromatic rings. The van der Waals surface area contributed by atoms with Crippen LogP contribution >= 0.6 is 0 Å². The number of aromatic nitrogens is 2. The van der Waals surface area contributed by atoms with Crippen LogP contribution < -0.4 is 0 Å². The monoisotopic (exact) mass is 385 g/mol. The molecule has 1 atom stereocenters. The lowest BCUT2D eigenvalue weighted by molar-refractivity contribution is -0.527. The summed E-state index contributed by atoms with van der Waals surface area (Å²) in [7, 11) is 1.56. The molecule has 0 bridgehead atoms. The number of carbonyl (C=O) groups excluding carboxylic acids is 3. The molecule has 0 aliphatic carbocycles. The second kappa shape index (κ2) is 7.49. The van der Waals surface area contributed by atoms with Gasteiger partial charge in [0.1, 0.15) is 11.5 Å². The number of rotatable bonds is 6. The smallest absolute Gasteiger partial charge is 0.298 e. The van der Waals surface area contributed by atoms with Gasteiger partial charge in [0.05, 0.1) is 18.8 Å². The van der Waals surface area contributed by atoms with Crippen LogP contribution in [0.5, 0.6) is 0 Å². The van der Waals surface area contributed by atoms with Gasteiger partial charge in [-0.3, -0.25) is 19.4 Å². The number of aliphatic imine (C=N–C) groups is 1. The zero-order valence-electron chi connectivity index (χ0n) is 16.7. The molecule has 1 unspecified atom stereocenters. The summed E-state index contributed by atoms with van der Waals surface area (Å²) in [6, 6.07) is 0.662. The Morgan fingerprint density at radius 2 is 2.04 bits per heavy atom. The molecule has 148 valence electrons. The van der Waals surface area contributed by atoms with Gasteiger partial charge in [-0.15, -0.1) is 9.78 Å². The highest BCUT2D eigenvalue weighted by atomic mass is 16.2. The van der Waals surface area contributed by atoms with Crippen LogP contribution in [0.4, 0.5) is 4.79 Å². The zero-order valence-corrected chi connectivity index (χ0v) is 16.7. The summed E-state index contributed by atoms with van der Waals surface area (Å²) >= 11 is 0. The Bertz CT molecular complexity index is 926. The molecule has 3 amide bonds. The highest BCUT2D eigenvalue weighted by Gasteiger charge is 2.53. The number of ketones is 1. The molecule has 1 saturated heterocycles. The number of imide groups is 1. The fourth-order valence-corrected chi connectivity index (χ4v) is 3.44. The average molecular weight is 385 g/mol. The average Bonchev–Trinajstić information content (AvgIpc) is 3.25. The van der Waals surface area contributed by atoms with Crippen molar-refractivity contribution in [1.29, 1.82) is 0 Å². The number of urea groups is 1. The van der Waals surface area contributed by atoms with Crippen molar-refractivity contribution < 1.29 is 19.0 Å². The van der Waals surface area contributed by atoms with E-state index >= 15 is 0 Å². The first-order valence-electron chi connectivity index (χ1n) is 9.33. The van der Waals surface area contributed by atoms with Crippen molar-refractivity contribution in [1.82, 2.24) is 19.6 Å². The molecular weight excluding hydrogens is 360 g/mol. The Kier molecular flexibility index (Phi) is 5.26. The van der Waals surface area contributed by atoms with E-state index in [1.807, 2.05) is 19.9 Å². The summed E-state index contributed by atoms with van der Waals surface area (Å²) in [5, 5.41) is 4.62. The Balaban J connectivity index is 2.15. The van der Waals surface area contributed by atoms with Crippen LogP contribution in [0.2, 0.25) is 0 Å². The molecule has 9 heteroatoms. The van der Waals surface area contributed by atoms with Gasteiger partial charge >= 0.3 is 12.0 Å². The Labute approximate surface area is 163 Å². The minimum Gasteiger partial charge on any atom is -0.298 e. The van der Waals surface area contributed by atoms with Crippen molar-refractivity contribution in [2.24, 2.45) is 4.99 Å². The molecular formula is C19H25N6O3+. The zero-order chi connectivity index (χ0) is 20.6. The van der Waals surface area contributed by atoms with Crippen LogP contribution in [0.15, 0.2) is 23.7 Å². The van der Waals surface area contributed by atoms with E-state index in [9.17, 15) is 14.4 Å². The minimum atomic E-state index is -0.797. The maximum Gasteiger partial charge on any atom is 0.421 e. The van der Waals surface area contributed by atoms with Gasteiger partial charge in [0.25, 0.3) is 5.91 Å². The quantitative estimate of drug-likeness (QED) is 0.532. The maximum atomic E-state index is 13.1. The molecule has 3 heterocycles. The second-order valence-corrected chi connectivity index (χ2v) is 6.83. The molecule has 0 N–H and O–H groups in total. The summed E-state index contributed by atoms with van der Waals surface area (Å²) in [6.07, 6.45) is 3.19. The number of Topliss-reactive ketones (excluding diaryl/α,β-unsaturated/α-hetero) is 1. The van der Waals surface area contributed by atoms with E-state index in [-0.39, 0.29) is 12.3 Å². The fraction of sp³-hybridized carbons (Fsp3) is 0.474. The van der Waals surface area contributed by atoms with Gasteiger partial charge in [-0.2, -0.15) is 0 Å². The van der Waals surface area contributed by atoms with E-state index in [1.165, 1.54) is 11.8 Å². The van der Waals surface area contributed by atoms with Crippen LogP contribution in [0.1, 0.15) is 32.2 Å². The van der Waals surface area contributed by atoms with Gasteiger partial charge in [0.15, 0.2) is 0 Å². The third-order valence-electron chi connectivity index (χ3n) is 4.84. The van der Waals surface area contributed by atoms with Crippen LogP contribution in [-0.2, 0) is 22.4 Å². The van der Waals surface area contributed by atoms with Gasteiger partial charge < -0.3 is 0 Å². The van der Waals surface area contributed by atoms with Crippen molar-refractivity contribution >= 4 is 29.5 Å². The molecule has 2 aliphatic rings. The molecule has 0 saturated carbocycles. The molecule has 9 nitrogen and oxygen atoms in total. The Morgan fingerprint density at radius 1 is 1.32 bits per heavy atom. The lowest BCUT2D eigenvalue weighted by Crippen LogP contribution is -2.63. The number of hydrogen-bond donors (Lipinski definition) is 0. The van der Waals surface area contributed by atoms with Gasteiger partial charge in [-0.25, -0.2) is 9.37 Å². The molecule has 0 spiro atoms. The van der Waals surface area contributed by atoms with E-state index in [2.05, 4.69) is 16.7 Å². The maximum absolute atomic E-state index is 13.1. The first-order valence-corrected chi connectivity index (χ1v) is 9.33. The van der Waals surface area contributed by atoms with Crippen LogP contribution in [0.3, 0.4) is 0 Å². The molecule has 1 fully saturated rings. The van der Waals surface area contributed by atoms with Crippen LogP contribution in [-0.4, -0.2) is 79.9 Å². The summed E-state index contributed by atoms with van der Waals surface area (Å²) < 4.78 is 3.50. The summed E-state index contributed by atoms with van der Waals surface area (Å²) in [5.41, 5.74) is 1.89. The fourth-order valence-electron chi connectivity index (χ4n) is 3.44. The molecule has 0 aromatic carbocycles. The van der Waals surface area contributed by atoms with Gasteiger partial charge in [-0.1, -0.05) is 31.5 Å². The first-order chi connectivity index (χ1) is 13.3. The normalized spacial score (nSPS) is 19.3. The molecule has 2 aliphatic heterocycles. The number of fused-ring (bicyclic) bond motifs is 1. The largest absolute Gasteiger partial charge is 0.421 e. The van der Waals surface area contributed by atoms with Crippen LogP contribution in [0, 0.1) is 0 Å². The first kappa shape index (κ1) is 19.7. The number of amides is 3. The highest BCUT2D eigenvalue weighted by molar-refractivity contribution is 6.23. The summed E-state index contributed by atoms with van der Waals surface area (Å²) in [4.78, 5) is 44.2. The lowest BCUT2D eigenvalue weighted by atomic mass is 10.1. The van der Waals surface area contributed by atoms with E-state index in [0.717, 1.165) is 29.1 Å². The van der Waals surface area contributed by atoms with Crippen LogP contribution in [0.25, 0.3) is 0 Å². The standard InChI is InChI=1S/C19H25N6O3/c1-6-9-23-15-16(22(5)19(28)24(17(15)27)11-12(4)26)20-18(23)25-14(8-3)10-13(7-2)21-25/h6,10,15H,1,7-9,11H2,2-5H3/q+1. The molecule has 28 heavy (non-hydrogen) atoms. The van der Waals surface area contributed by atoms with Crippen molar-refractivity contribution in [2.45, 2.75) is 39.7 Å². The number of likely N-dealkylation sites (N-methyl/N-ethyl adjacent to an activating group) is 1. The number of amidine groups is 1. The summed E-state index contributed by atoms with van der Waals surface area (Å²) in [6.45, 7) is 9.27. The number of nitrogens with zero attached hydrogens (tertiary/aromatic N) is 6. The Morgan fingerprint density at radius 3 is 2.61 bits per heavy atom. The van der Waals surface area contributed by atoms with Crippen molar-refractivity contribution in [2.75, 3.05) is 20.1 Å². The highest BCUT2D eigenvalue weighted by Crippen LogP contribution is 2.21. The topological polar surface area (TPSA) is 90.9 Å². The molecule has 1 aromatic heterocycles. The number of carbonyl (C=O) groups is 3. The van der Waals surface area contributed by atoms with E-state index in [0.29, 0.717) is 18.3 Å². The molecule has 3 rings (SSSR count). The van der Waals surface area contributed by atoms with E-state index in [4.69, 9.17) is 0 Å². The van der Waals surface area contributed by atoms with Gasteiger partial charge in [-0.05, 0) is 19.4 Å². The van der Waals surface area contributed by atoms with Crippen molar-refractivity contribution in [3.05, 3.63) is 30.1 Å². The SMILES string of the molecule is C=CC[N+]1=C(n2nc(CC)cc2CC)N=C2C1C(=O)N(CC(C)=O)C(=O)N2C. The van der Waals surface area contributed by atoms with Crippen molar-refractivity contribution in [3.63, 3.8) is 0 Å². The molecule has 0 radical (unpaired) electrons. The van der Waals surface area contributed by atoms with Gasteiger partial charge in [0, 0.05) is 13.5 Å². The summed E-state index contributed by atoms with van der Waals surface area (Å²) in [5.74, 6) is 0.0899. The second-order valence-electron chi connectivity index (χ2n) is 6.83. The third-order valence-corrected chi connectivity index (χ3v) is 4.84. The number of aryl methyl sites for hydroxylation is 2. The van der Waals surface area contributed by atoms with E-state index < -0.39 is 18.0 Å². The number of hydrogen-bond acceptors (Lipinski definition) is 5.